The van der Waals surface area contributed by atoms with E-state index in [1.54, 1.807) is 0 Å². The van der Waals surface area contributed by atoms with Gasteiger partial charge in [-0.1, -0.05) is 18.0 Å². The van der Waals surface area contributed by atoms with Crippen molar-refractivity contribution in [1.82, 2.24) is 10.3 Å². The number of amides is 1. The van der Waals surface area contributed by atoms with Gasteiger partial charge in [-0.15, -0.1) is 0 Å². The van der Waals surface area contributed by atoms with Gasteiger partial charge in [-0.25, -0.2) is 0 Å². The number of nitrogens with zero attached hydrogens (tertiary/aromatic N) is 1. The van der Waals surface area contributed by atoms with Crippen molar-refractivity contribution in [2.24, 2.45) is 5.92 Å². The van der Waals surface area contributed by atoms with E-state index >= 15 is 0 Å². The molecule has 5 nitrogen and oxygen atoms in total. The molecule has 0 radical (unpaired) electrons. The minimum atomic E-state index is -0.862. The van der Waals surface area contributed by atoms with Crippen molar-refractivity contribution in [2.75, 3.05) is 0 Å². The SMILES string of the molecule is O=C(NC1CCCC1C(=O)O)c1ccncc1Cl. The topological polar surface area (TPSA) is 79.3 Å². The van der Waals surface area contributed by atoms with Crippen LogP contribution in [0.2, 0.25) is 5.02 Å². The average Bonchev–Trinajstić information content (AvgIpc) is 2.77. The summed E-state index contributed by atoms with van der Waals surface area (Å²) >= 11 is 5.86. The molecule has 1 aromatic heterocycles. The standard InChI is InChI=1S/C12H13ClN2O3/c13-9-6-14-5-4-7(9)11(16)15-10-3-1-2-8(10)12(17)18/h4-6,8,10H,1-3H2,(H,15,16)(H,17,18). The predicted molar refractivity (Wildman–Crippen MR) is 65.5 cm³/mol. The highest BCUT2D eigenvalue weighted by Gasteiger charge is 2.34. The Labute approximate surface area is 109 Å². The monoisotopic (exact) mass is 268 g/mol. The summed E-state index contributed by atoms with van der Waals surface area (Å²) in [6.45, 7) is 0. The van der Waals surface area contributed by atoms with E-state index in [1.807, 2.05) is 0 Å². The van der Waals surface area contributed by atoms with Gasteiger partial charge in [-0.2, -0.15) is 0 Å². The first kappa shape index (κ1) is 12.8. The van der Waals surface area contributed by atoms with Crippen molar-refractivity contribution >= 4 is 23.5 Å². The number of halogens is 1. The van der Waals surface area contributed by atoms with Crippen LogP contribution in [0, 0.1) is 5.92 Å². The lowest BCUT2D eigenvalue weighted by molar-refractivity contribution is -0.142. The first-order valence-corrected chi connectivity index (χ1v) is 6.10. The predicted octanol–water partition coefficient (Wildman–Crippen LogP) is 1.72. The minimum absolute atomic E-state index is 0.264. The normalized spacial score (nSPS) is 22.7. The van der Waals surface area contributed by atoms with Crippen LogP contribution in [-0.4, -0.2) is 28.0 Å². The maximum absolute atomic E-state index is 12.0. The Bertz CT molecular complexity index is 478. The van der Waals surface area contributed by atoms with Gasteiger partial charge in [0.25, 0.3) is 5.91 Å². The molecular weight excluding hydrogens is 256 g/mol. The maximum atomic E-state index is 12.0. The molecule has 2 unspecified atom stereocenters. The van der Waals surface area contributed by atoms with Gasteiger partial charge in [0, 0.05) is 18.4 Å². The van der Waals surface area contributed by atoms with Gasteiger partial charge in [-0.3, -0.25) is 14.6 Å². The van der Waals surface area contributed by atoms with Gasteiger partial charge >= 0.3 is 5.97 Å². The zero-order chi connectivity index (χ0) is 13.1. The van der Waals surface area contributed by atoms with Crippen LogP contribution in [0.3, 0.4) is 0 Å². The molecule has 2 N–H and O–H groups in total. The van der Waals surface area contributed by atoms with E-state index in [0.717, 1.165) is 6.42 Å². The number of carbonyl (C=O) groups is 2. The molecule has 2 atom stereocenters. The van der Waals surface area contributed by atoms with Gasteiger partial charge < -0.3 is 10.4 Å². The third kappa shape index (κ3) is 2.61. The van der Waals surface area contributed by atoms with Crippen LogP contribution < -0.4 is 5.32 Å². The van der Waals surface area contributed by atoms with Crippen LogP contribution in [0.1, 0.15) is 29.6 Å². The second-order valence-electron chi connectivity index (χ2n) is 4.31. The fourth-order valence-corrected chi connectivity index (χ4v) is 2.44. The van der Waals surface area contributed by atoms with Crippen molar-refractivity contribution in [3.8, 4) is 0 Å². The van der Waals surface area contributed by atoms with Crippen LogP contribution in [-0.2, 0) is 4.79 Å². The van der Waals surface area contributed by atoms with E-state index in [2.05, 4.69) is 10.3 Å². The summed E-state index contributed by atoms with van der Waals surface area (Å²) in [6.07, 6.45) is 4.96. The number of carbonyl (C=O) groups excluding carboxylic acids is 1. The molecule has 96 valence electrons. The second kappa shape index (κ2) is 5.35. The number of pyridine rings is 1. The molecule has 1 saturated carbocycles. The summed E-state index contributed by atoms with van der Waals surface area (Å²) in [4.78, 5) is 26.8. The van der Waals surface area contributed by atoms with E-state index in [9.17, 15) is 9.59 Å². The van der Waals surface area contributed by atoms with Crippen molar-refractivity contribution in [3.05, 3.63) is 29.0 Å². The summed E-state index contributed by atoms with van der Waals surface area (Å²) in [7, 11) is 0. The Kier molecular flexibility index (Phi) is 3.81. The van der Waals surface area contributed by atoms with E-state index < -0.39 is 11.9 Å². The Morgan fingerprint density at radius 3 is 2.89 bits per heavy atom. The zero-order valence-electron chi connectivity index (χ0n) is 9.60. The van der Waals surface area contributed by atoms with Crippen LogP contribution in [0.15, 0.2) is 18.5 Å². The largest absolute Gasteiger partial charge is 0.481 e. The summed E-state index contributed by atoms with van der Waals surface area (Å²) in [5.41, 5.74) is 0.322. The number of rotatable bonds is 3. The zero-order valence-corrected chi connectivity index (χ0v) is 10.4. The average molecular weight is 269 g/mol. The Balaban J connectivity index is 2.08. The summed E-state index contributed by atoms with van der Waals surface area (Å²) in [6, 6.07) is 1.20. The summed E-state index contributed by atoms with van der Waals surface area (Å²) < 4.78 is 0. The number of carboxylic acid groups (broad SMARTS) is 1. The molecule has 0 aromatic carbocycles. The molecule has 0 aliphatic heterocycles. The Hall–Kier alpha value is -1.62. The van der Waals surface area contributed by atoms with Crippen molar-refractivity contribution < 1.29 is 14.7 Å². The first-order chi connectivity index (χ1) is 8.59. The number of aliphatic carboxylic acids is 1. The molecule has 18 heavy (non-hydrogen) atoms. The molecule has 1 fully saturated rings. The Morgan fingerprint density at radius 1 is 1.44 bits per heavy atom. The van der Waals surface area contributed by atoms with Gasteiger partial charge in [0.05, 0.1) is 16.5 Å². The molecule has 2 rings (SSSR count). The van der Waals surface area contributed by atoms with Crippen molar-refractivity contribution in [1.29, 1.82) is 0 Å². The van der Waals surface area contributed by atoms with Crippen LogP contribution in [0.5, 0.6) is 0 Å². The van der Waals surface area contributed by atoms with E-state index in [1.165, 1.54) is 18.5 Å². The number of hydrogen-bond acceptors (Lipinski definition) is 3. The lowest BCUT2D eigenvalue weighted by Crippen LogP contribution is -2.40. The van der Waals surface area contributed by atoms with Gasteiger partial charge in [-0.05, 0) is 18.9 Å². The third-order valence-corrected chi connectivity index (χ3v) is 3.47. The molecular formula is C12H13ClN2O3. The quantitative estimate of drug-likeness (QED) is 0.875. The third-order valence-electron chi connectivity index (χ3n) is 3.17. The first-order valence-electron chi connectivity index (χ1n) is 5.73. The number of carboxylic acids is 1. The van der Waals surface area contributed by atoms with Gasteiger partial charge in [0.1, 0.15) is 0 Å². The van der Waals surface area contributed by atoms with E-state index in [4.69, 9.17) is 16.7 Å². The summed E-state index contributed by atoms with van der Waals surface area (Å²) in [5.74, 6) is -1.71. The Morgan fingerprint density at radius 2 is 2.22 bits per heavy atom. The van der Waals surface area contributed by atoms with Crippen molar-refractivity contribution in [2.45, 2.75) is 25.3 Å². The molecule has 0 bridgehead atoms. The van der Waals surface area contributed by atoms with E-state index in [0.29, 0.717) is 18.4 Å². The molecule has 0 spiro atoms. The van der Waals surface area contributed by atoms with Gasteiger partial charge in [0.2, 0.25) is 0 Å². The molecule has 1 heterocycles. The minimum Gasteiger partial charge on any atom is -0.481 e. The lowest BCUT2D eigenvalue weighted by Gasteiger charge is -2.17. The number of hydrogen-bond donors (Lipinski definition) is 2. The summed E-state index contributed by atoms with van der Waals surface area (Å²) in [5, 5.41) is 12.0. The van der Waals surface area contributed by atoms with Crippen LogP contribution in [0.25, 0.3) is 0 Å². The highest BCUT2D eigenvalue weighted by molar-refractivity contribution is 6.33. The molecule has 0 saturated heterocycles. The molecule has 1 aliphatic rings. The van der Waals surface area contributed by atoms with E-state index in [-0.39, 0.29) is 17.0 Å². The lowest BCUT2D eigenvalue weighted by atomic mass is 10.0. The number of nitrogens with one attached hydrogen (secondary N) is 1. The molecule has 6 heteroatoms. The fourth-order valence-electron chi connectivity index (χ4n) is 2.23. The highest BCUT2D eigenvalue weighted by Crippen LogP contribution is 2.26. The highest BCUT2D eigenvalue weighted by atomic mass is 35.5. The van der Waals surface area contributed by atoms with Gasteiger partial charge in [0.15, 0.2) is 0 Å². The molecule has 1 aromatic rings. The molecule has 1 amide bonds. The van der Waals surface area contributed by atoms with Crippen LogP contribution in [0.4, 0.5) is 0 Å². The smallest absolute Gasteiger partial charge is 0.308 e. The molecule has 1 aliphatic carbocycles. The second-order valence-corrected chi connectivity index (χ2v) is 4.72. The fraction of sp³-hybridized carbons (Fsp3) is 0.417. The van der Waals surface area contributed by atoms with Crippen molar-refractivity contribution in [3.63, 3.8) is 0 Å². The van der Waals surface area contributed by atoms with Crippen LogP contribution >= 0.6 is 11.6 Å². The maximum Gasteiger partial charge on any atom is 0.308 e. The number of aromatic nitrogens is 1.